The van der Waals surface area contributed by atoms with Crippen LogP contribution in [0, 0.1) is 5.41 Å². The summed E-state index contributed by atoms with van der Waals surface area (Å²) in [5.74, 6) is 1.02. The van der Waals surface area contributed by atoms with Crippen LogP contribution in [0.15, 0.2) is 4.99 Å². The molecule has 1 aliphatic heterocycles. The van der Waals surface area contributed by atoms with E-state index in [0.717, 1.165) is 25.5 Å². The zero-order valence-electron chi connectivity index (χ0n) is 17.0. The van der Waals surface area contributed by atoms with E-state index < -0.39 is 9.84 Å². The number of likely N-dealkylation sites (tertiary alicyclic amines) is 1. The van der Waals surface area contributed by atoms with Crippen molar-refractivity contribution in [3.05, 3.63) is 0 Å². The average molecular weight is 503 g/mol. The number of nitrogens with zero attached hydrogens (tertiary/aromatic N) is 2. The van der Waals surface area contributed by atoms with Gasteiger partial charge in [-0.1, -0.05) is 26.7 Å². The van der Waals surface area contributed by atoms with E-state index >= 15 is 0 Å². The second kappa shape index (κ2) is 13.1. The van der Waals surface area contributed by atoms with Crippen molar-refractivity contribution in [3.8, 4) is 0 Å². The van der Waals surface area contributed by atoms with E-state index in [0.29, 0.717) is 13.0 Å². The van der Waals surface area contributed by atoms with Gasteiger partial charge in [-0.15, -0.1) is 24.0 Å². The molecule has 1 fully saturated rings. The van der Waals surface area contributed by atoms with E-state index in [1.807, 2.05) is 0 Å². The molecule has 0 aromatic carbocycles. The molecule has 0 aromatic rings. The zero-order valence-corrected chi connectivity index (χ0v) is 20.2. The fourth-order valence-corrected chi connectivity index (χ4v) is 3.89. The number of sulfone groups is 1. The van der Waals surface area contributed by atoms with E-state index in [2.05, 4.69) is 34.4 Å². The lowest BCUT2D eigenvalue weighted by molar-refractivity contribution is 0.281. The molecule has 0 amide bonds. The number of rotatable bonds is 9. The van der Waals surface area contributed by atoms with Crippen molar-refractivity contribution in [2.45, 2.75) is 52.4 Å². The van der Waals surface area contributed by atoms with E-state index in [-0.39, 0.29) is 35.1 Å². The van der Waals surface area contributed by atoms with Gasteiger partial charge in [-0.3, -0.25) is 4.99 Å². The minimum absolute atomic E-state index is 0. The van der Waals surface area contributed by atoms with Crippen molar-refractivity contribution < 1.29 is 8.42 Å². The number of nitrogens with one attached hydrogen (secondary N) is 2. The fourth-order valence-electron chi connectivity index (χ4n) is 2.96. The number of guanidine groups is 1. The summed E-state index contributed by atoms with van der Waals surface area (Å²) in [6.07, 6.45) is 8.46. The van der Waals surface area contributed by atoms with Gasteiger partial charge in [0.1, 0.15) is 9.84 Å². The standard InChI is InChI=1S/C18H38N4O2S.HI/c1-18(2,10-15-25(4,23)24)16-21-17(19-3)20-11-9-14-22-12-7-5-6-8-13-22;/h5-16H2,1-4H3,(H2,19,20,21);1H. The molecule has 1 heterocycles. The van der Waals surface area contributed by atoms with Crippen LogP contribution in [-0.4, -0.2) is 71.1 Å². The maximum atomic E-state index is 11.3. The van der Waals surface area contributed by atoms with Gasteiger partial charge in [-0.2, -0.15) is 0 Å². The average Bonchev–Trinajstić information content (AvgIpc) is 2.80. The molecule has 1 saturated heterocycles. The van der Waals surface area contributed by atoms with Crippen LogP contribution in [0.5, 0.6) is 0 Å². The van der Waals surface area contributed by atoms with Crippen LogP contribution >= 0.6 is 24.0 Å². The highest BCUT2D eigenvalue weighted by molar-refractivity contribution is 14.0. The van der Waals surface area contributed by atoms with E-state index in [1.54, 1.807) is 7.05 Å². The van der Waals surface area contributed by atoms with Gasteiger partial charge < -0.3 is 15.5 Å². The van der Waals surface area contributed by atoms with Gasteiger partial charge in [0.2, 0.25) is 0 Å². The summed E-state index contributed by atoms with van der Waals surface area (Å²) in [7, 11) is -1.14. The molecule has 0 spiro atoms. The van der Waals surface area contributed by atoms with Gasteiger partial charge >= 0.3 is 0 Å². The van der Waals surface area contributed by atoms with Crippen molar-refractivity contribution >= 4 is 39.8 Å². The predicted molar refractivity (Wildman–Crippen MR) is 122 cm³/mol. The summed E-state index contributed by atoms with van der Waals surface area (Å²) in [5.41, 5.74) is -0.0905. The summed E-state index contributed by atoms with van der Waals surface area (Å²) in [4.78, 5) is 6.83. The molecule has 26 heavy (non-hydrogen) atoms. The van der Waals surface area contributed by atoms with E-state index in [9.17, 15) is 8.42 Å². The first-order valence-corrected chi connectivity index (χ1v) is 11.6. The van der Waals surface area contributed by atoms with Crippen LogP contribution in [0.2, 0.25) is 0 Å². The predicted octanol–water partition coefficient (Wildman–Crippen LogP) is 2.50. The first-order valence-electron chi connectivity index (χ1n) is 9.56. The Labute approximate surface area is 177 Å². The minimum atomic E-state index is -2.91. The molecule has 8 heteroatoms. The monoisotopic (exact) mass is 502 g/mol. The highest BCUT2D eigenvalue weighted by atomic mass is 127. The number of halogens is 1. The molecule has 0 bridgehead atoms. The summed E-state index contributed by atoms with van der Waals surface area (Å²) < 4.78 is 22.7. The van der Waals surface area contributed by atoms with Crippen molar-refractivity contribution in [1.82, 2.24) is 15.5 Å². The molecule has 1 aliphatic rings. The van der Waals surface area contributed by atoms with E-state index in [4.69, 9.17) is 0 Å². The molecule has 6 nitrogen and oxygen atoms in total. The first kappa shape index (κ1) is 25.9. The summed E-state index contributed by atoms with van der Waals surface area (Å²) in [6.45, 7) is 9.39. The highest BCUT2D eigenvalue weighted by Gasteiger charge is 2.20. The van der Waals surface area contributed by atoms with Crippen LogP contribution in [0.1, 0.15) is 52.4 Å². The Morgan fingerprint density at radius 3 is 2.27 bits per heavy atom. The third-order valence-electron chi connectivity index (χ3n) is 4.75. The summed E-state index contributed by atoms with van der Waals surface area (Å²) in [5, 5.41) is 6.69. The first-order chi connectivity index (χ1) is 11.7. The lowest BCUT2D eigenvalue weighted by Crippen LogP contribution is -2.43. The number of aliphatic imine (C=N–C) groups is 1. The Balaban J connectivity index is 0.00000625. The van der Waals surface area contributed by atoms with Gasteiger partial charge in [0.15, 0.2) is 5.96 Å². The van der Waals surface area contributed by atoms with Gasteiger partial charge in [0.25, 0.3) is 0 Å². The van der Waals surface area contributed by atoms with Crippen molar-refractivity contribution in [2.24, 2.45) is 10.4 Å². The Morgan fingerprint density at radius 2 is 1.73 bits per heavy atom. The highest BCUT2D eigenvalue weighted by Crippen LogP contribution is 2.19. The van der Waals surface area contributed by atoms with Gasteiger partial charge in [0, 0.05) is 26.4 Å². The maximum absolute atomic E-state index is 11.3. The molecule has 156 valence electrons. The molecule has 0 radical (unpaired) electrons. The van der Waals surface area contributed by atoms with Gasteiger partial charge in [0.05, 0.1) is 5.75 Å². The molecule has 0 aliphatic carbocycles. The normalized spacial score (nSPS) is 17.3. The minimum Gasteiger partial charge on any atom is -0.356 e. The lowest BCUT2D eigenvalue weighted by atomic mass is 9.90. The quantitative estimate of drug-likeness (QED) is 0.219. The Bertz CT molecular complexity index is 501. The van der Waals surface area contributed by atoms with Crippen LogP contribution < -0.4 is 10.6 Å². The Hall–Kier alpha value is -0.0900. The largest absolute Gasteiger partial charge is 0.356 e. The topological polar surface area (TPSA) is 73.8 Å². The third-order valence-corrected chi connectivity index (χ3v) is 5.70. The number of hydrogen-bond donors (Lipinski definition) is 2. The smallest absolute Gasteiger partial charge is 0.190 e. The SMILES string of the molecule is CN=C(NCCCN1CCCCCC1)NCC(C)(C)CCS(C)(=O)=O.I. The van der Waals surface area contributed by atoms with Crippen LogP contribution in [-0.2, 0) is 9.84 Å². The fraction of sp³-hybridized carbons (Fsp3) is 0.944. The maximum Gasteiger partial charge on any atom is 0.190 e. The summed E-state index contributed by atoms with van der Waals surface area (Å²) >= 11 is 0. The molecule has 0 atom stereocenters. The molecule has 1 rings (SSSR count). The number of hydrogen-bond acceptors (Lipinski definition) is 4. The molecule has 2 N–H and O–H groups in total. The summed E-state index contributed by atoms with van der Waals surface area (Å²) in [6, 6.07) is 0. The molecule has 0 saturated carbocycles. The van der Waals surface area contributed by atoms with Gasteiger partial charge in [-0.25, -0.2) is 8.42 Å². The van der Waals surface area contributed by atoms with Crippen molar-refractivity contribution in [3.63, 3.8) is 0 Å². The van der Waals surface area contributed by atoms with Crippen LogP contribution in [0.25, 0.3) is 0 Å². The second-order valence-corrected chi connectivity index (χ2v) is 10.3. The van der Waals surface area contributed by atoms with Crippen molar-refractivity contribution in [1.29, 1.82) is 0 Å². The van der Waals surface area contributed by atoms with Crippen molar-refractivity contribution in [2.75, 3.05) is 51.8 Å². The Kier molecular flexibility index (Phi) is 13.1. The van der Waals surface area contributed by atoms with Crippen LogP contribution in [0.3, 0.4) is 0 Å². The molecule has 0 unspecified atom stereocenters. The third kappa shape index (κ3) is 13.1. The second-order valence-electron chi connectivity index (χ2n) is 8.01. The Morgan fingerprint density at radius 1 is 1.12 bits per heavy atom. The van der Waals surface area contributed by atoms with Crippen LogP contribution in [0.4, 0.5) is 0 Å². The van der Waals surface area contributed by atoms with E-state index in [1.165, 1.54) is 45.0 Å². The molecular weight excluding hydrogens is 463 g/mol. The zero-order chi connectivity index (χ0) is 18.8. The molecular formula is C18H39IN4O2S. The van der Waals surface area contributed by atoms with Gasteiger partial charge in [-0.05, 0) is 50.7 Å². The molecule has 0 aromatic heterocycles. The lowest BCUT2D eigenvalue weighted by Gasteiger charge is -2.26.